The summed E-state index contributed by atoms with van der Waals surface area (Å²) in [4.78, 5) is 6.96. The molecule has 1 atom stereocenters. The van der Waals surface area contributed by atoms with Crippen LogP contribution in [0.1, 0.15) is 35.7 Å². The fourth-order valence-corrected chi connectivity index (χ4v) is 3.92. The fourth-order valence-electron chi connectivity index (χ4n) is 2.22. The van der Waals surface area contributed by atoms with Gasteiger partial charge in [0, 0.05) is 16.4 Å². The summed E-state index contributed by atoms with van der Waals surface area (Å²) < 4.78 is 1.15. The number of halogens is 2. The standard InChI is InChI=1S/C15H18BrClN2S/c1-3-14(15-18-12(8-17)10-20-15)19(2)9-11-6-4-5-7-13(11)16/h4-7,10,14H,3,8-9H2,1-2H3. The number of hydrogen-bond acceptors (Lipinski definition) is 3. The minimum atomic E-state index is 0.337. The highest BCUT2D eigenvalue weighted by atomic mass is 79.9. The van der Waals surface area contributed by atoms with Crippen molar-refractivity contribution in [3.63, 3.8) is 0 Å². The normalized spacial score (nSPS) is 12.8. The summed E-state index contributed by atoms with van der Waals surface area (Å²) in [5.74, 6) is 0.487. The molecule has 0 N–H and O–H groups in total. The highest BCUT2D eigenvalue weighted by Crippen LogP contribution is 2.29. The lowest BCUT2D eigenvalue weighted by Gasteiger charge is -2.25. The van der Waals surface area contributed by atoms with E-state index in [4.69, 9.17) is 11.6 Å². The lowest BCUT2D eigenvalue weighted by atomic mass is 10.1. The average molecular weight is 374 g/mol. The van der Waals surface area contributed by atoms with Gasteiger partial charge in [-0.15, -0.1) is 22.9 Å². The van der Waals surface area contributed by atoms with Crippen molar-refractivity contribution in [3.05, 3.63) is 50.4 Å². The van der Waals surface area contributed by atoms with Crippen LogP contribution in [0.25, 0.3) is 0 Å². The molecule has 0 aliphatic heterocycles. The van der Waals surface area contributed by atoms with Crippen molar-refractivity contribution in [2.24, 2.45) is 0 Å². The lowest BCUT2D eigenvalue weighted by Crippen LogP contribution is -2.23. The SMILES string of the molecule is CCC(c1nc(CCl)cs1)N(C)Cc1ccccc1Br. The van der Waals surface area contributed by atoms with Gasteiger partial charge < -0.3 is 0 Å². The third-order valence-corrected chi connectivity index (χ3v) is 5.33. The Morgan fingerprint density at radius 1 is 1.40 bits per heavy atom. The summed E-state index contributed by atoms with van der Waals surface area (Å²) in [5.41, 5.74) is 2.27. The summed E-state index contributed by atoms with van der Waals surface area (Å²) in [7, 11) is 2.15. The number of hydrogen-bond donors (Lipinski definition) is 0. The van der Waals surface area contributed by atoms with Gasteiger partial charge in [0.2, 0.25) is 0 Å². The van der Waals surface area contributed by atoms with E-state index >= 15 is 0 Å². The van der Waals surface area contributed by atoms with Gasteiger partial charge in [0.1, 0.15) is 5.01 Å². The Hall–Kier alpha value is -0.420. The highest BCUT2D eigenvalue weighted by Gasteiger charge is 2.19. The maximum Gasteiger partial charge on any atom is 0.110 e. The molecule has 0 bridgehead atoms. The van der Waals surface area contributed by atoms with Crippen molar-refractivity contribution in [2.75, 3.05) is 7.05 Å². The molecule has 0 fully saturated rings. The molecule has 0 radical (unpaired) electrons. The van der Waals surface area contributed by atoms with Gasteiger partial charge in [-0.3, -0.25) is 4.90 Å². The van der Waals surface area contributed by atoms with Crippen LogP contribution in [0.15, 0.2) is 34.1 Å². The van der Waals surface area contributed by atoms with Crippen LogP contribution >= 0.6 is 38.9 Å². The fraction of sp³-hybridized carbons (Fsp3) is 0.400. The Labute approximate surface area is 137 Å². The van der Waals surface area contributed by atoms with E-state index in [9.17, 15) is 0 Å². The molecular weight excluding hydrogens is 356 g/mol. The van der Waals surface area contributed by atoms with Gasteiger partial charge in [-0.05, 0) is 25.1 Å². The predicted molar refractivity (Wildman–Crippen MR) is 90.3 cm³/mol. The van der Waals surface area contributed by atoms with Crippen LogP contribution in [0.4, 0.5) is 0 Å². The van der Waals surface area contributed by atoms with Crippen molar-refractivity contribution >= 4 is 38.9 Å². The average Bonchev–Trinajstić information content (AvgIpc) is 2.91. The quantitative estimate of drug-likeness (QED) is 0.645. The van der Waals surface area contributed by atoms with Crippen molar-refractivity contribution in [1.82, 2.24) is 9.88 Å². The van der Waals surface area contributed by atoms with Crippen LogP contribution < -0.4 is 0 Å². The van der Waals surface area contributed by atoms with E-state index in [1.165, 1.54) is 5.56 Å². The van der Waals surface area contributed by atoms with Crippen LogP contribution in [0.2, 0.25) is 0 Å². The molecule has 20 heavy (non-hydrogen) atoms. The largest absolute Gasteiger partial charge is 0.293 e. The summed E-state index contributed by atoms with van der Waals surface area (Å²) >= 11 is 11.2. The van der Waals surface area contributed by atoms with Crippen LogP contribution in [0, 0.1) is 0 Å². The molecule has 2 rings (SSSR count). The number of alkyl halides is 1. The minimum absolute atomic E-state index is 0.337. The van der Waals surface area contributed by atoms with E-state index in [-0.39, 0.29) is 0 Å². The number of rotatable bonds is 6. The van der Waals surface area contributed by atoms with Crippen LogP contribution in [0.5, 0.6) is 0 Å². The smallest absolute Gasteiger partial charge is 0.110 e. The first kappa shape index (κ1) is 16.0. The predicted octanol–water partition coefficient (Wildman–Crippen LogP) is 5.23. The molecule has 2 aromatic rings. The number of aromatic nitrogens is 1. The number of nitrogens with zero attached hydrogens (tertiary/aromatic N) is 2. The van der Waals surface area contributed by atoms with Gasteiger partial charge in [-0.25, -0.2) is 4.98 Å². The summed E-state index contributed by atoms with van der Waals surface area (Å²) in [6.45, 7) is 3.10. The van der Waals surface area contributed by atoms with E-state index in [0.717, 1.165) is 28.1 Å². The zero-order valence-corrected chi connectivity index (χ0v) is 14.8. The Balaban J connectivity index is 2.13. The van der Waals surface area contributed by atoms with Crippen molar-refractivity contribution in [2.45, 2.75) is 31.8 Å². The Morgan fingerprint density at radius 2 is 2.15 bits per heavy atom. The maximum atomic E-state index is 5.84. The molecular formula is C15H18BrClN2S. The molecule has 2 nitrogen and oxygen atoms in total. The zero-order chi connectivity index (χ0) is 14.5. The van der Waals surface area contributed by atoms with E-state index in [1.54, 1.807) is 11.3 Å². The van der Waals surface area contributed by atoms with E-state index in [2.05, 4.69) is 63.4 Å². The first-order chi connectivity index (χ1) is 9.65. The molecule has 5 heteroatoms. The molecule has 1 heterocycles. The van der Waals surface area contributed by atoms with E-state index in [1.807, 2.05) is 6.07 Å². The summed E-state index contributed by atoms with van der Waals surface area (Å²) in [5, 5.41) is 3.20. The summed E-state index contributed by atoms with van der Waals surface area (Å²) in [6.07, 6.45) is 1.04. The minimum Gasteiger partial charge on any atom is -0.293 e. The van der Waals surface area contributed by atoms with Crippen LogP contribution in [-0.4, -0.2) is 16.9 Å². The summed E-state index contributed by atoms with van der Waals surface area (Å²) in [6, 6.07) is 8.69. The van der Waals surface area contributed by atoms with Gasteiger partial charge in [0.25, 0.3) is 0 Å². The molecule has 0 aliphatic carbocycles. The second kappa shape index (κ2) is 7.55. The van der Waals surface area contributed by atoms with Gasteiger partial charge in [0.05, 0.1) is 17.6 Å². The zero-order valence-electron chi connectivity index (χ0n) is 11.6. The molecule has 0 amide bonds. The topological polar surface area (TPSA) is 16.1 Å². The first-order valence-electron chi connectivity index (χ1n) is 6.59. The Kier molecular flexibility index (Phi) is 6.02. The third kappa shape index (κ3) is 3.82. The molecule has 0 spiro atoms. The van der Waals surface area contributed by atoms with Gasteiger partial charge in [0.15, 0.2) is 0 Å². The number of benzene rings is 1. The van der Waals surface area contributed by atoms with Crippen molar-refractivity contribution < 1.29 is 0 Å². The van der Waals surface area contributed by atoms with Crippen LogP contribution in [-0.2, 0) is 12.4 Å². The molecule has 1 aromatic carbocycles. The first-order valence-corrected chi connectivity index (χ1v) is 8.80. The monoisotopic (exact) mass is 372 g/mol. The van der Waals surface area contributed by atoms with E-state index in [0.29, 0.717) is 11.9 Å². The third-order valence-electron chi connectivity index (χ3n) is 3.29. The second-order valence-electron chi connectivity index (χ2n) is 4.74. The Morgan fingerprint density at radius 3 is 2.75 bits per heavy atom. The van der Waals surface area contributed by atoms with E-state index < -0.39 is 0 Å². The van der Waals surface area contributed by atoms with Crippen molar-refractivity contribution in [3.8, 4) is 0 Å². The van der Waals surface area contributed by atoms with Gasteiger partial charge >= 0.3 is 0 Å². The molecule has 0 aliphatic rings. The molecule has 0 saturated heterocycles. The van der Waals surface area contributed by atoms with Gasteiger partial charge in [-0.1, -0.05) is 41.1 Å². The van der Waals surface area contributed by atoms with Crippen molar-refractivity contribution in [1.29, 1.82) is 0 Å². The van der Waals surface area contributed by atoms with Crippen LogP contribution in [0.3, 0.4) is 0 Å². The Bertz CT molecular complexity index is 558. The molecule has 0 saturated carbocycles. The molecule has 1 unspecified atom stereocenters. The lowest BCUT2D eigenvalue weighted by molar-refractivity contribution is 0.229. The molecule has 1 aromatic heterocycles. The number of thiazole rings is 1. The second-order valence-corrected chi connectivity index (χ2v) is 6.75. The maximum absolute atomic E-state index is 5.84. The molecule has 108 valence electrons. The highest BCUT2D eigenvalue weighted by molar-refractivity contribution is 9.10. The van der Waals surface area contributed by atoms with Gasteiger partial charge in [-0.2, -0.15) is 0 Å².